The summed E-state index contributed by atoms with van der Waals surface area (Å²) in [5.41, 5.74) is 1.74. The van der Waals surface area contributed by atoms with Crippen LogP contribution in [0.2, 0.25) is 5.02 Å². The van der Waals surface area contributed by atoms with Crippen molar-refractivity contribution in [1.82, 2.24) is 9.88 Å². The molecule has 0 unspecified atom stereocenters. The van der Waals surface area contributed by atoms with Gasteiger partial charge in [-0.25, -0.2) is 0 Å². The first-order chi connectivity index (χ1) is 14.9. The van der Waals surface area contributed by atoms with E-state index in [-0.39, 0.29) is 17.6 Å². The third-order valence-corrected chi connectivity index (χ3v) is 7.15. The van der Waals surface area contributed by atoms with E-state index in [9.17, 15) is 9.59 Å². The molecule has 3 heterocycles. The van der Waals surface area contributed by atoms with Gasteiger partial charge in [-0.1, -0.05) is 45.7 Å². The molecule has 1 saturated heterocycles. The van der Waals surface area contributed by atoms with E-state index in [1.807, 2.05) is 54.4 Å². The van der Waals surface area contributed by atoms with Crippen LogP contribution in [-0.2, 0) is 10.3 Å². The first-order valence-corrected chi connectivity index (χ1v) is 11.1. The first kappa shape index (κ1) is 20.4. The van der Waals surface area contributed by atoms with Gasteiger partial charge in [-0.3, -0.25) is 19.5 Å². The Hall–Kier alpha value is -2.54. The SMILES string of the molecule is CN1C[C@H](c2ccc(Cl)cc2)[C@@H](C(=O)c2ccccn2)[C@]12C(=O)Nc1ccc(Br)cc12. The molecule has 3 atom stereocenters. The highest BCUT2D eigenvalue weighted by Gasteiger charge is 2.64. The van der Waals surface area contributed by atoms with Crippen molar-refractivity contribution < 1.29 is 9.59 Å². The molecular weight excluding hydrogens is 478 g/mol. The van der Waals surface area contributed by atoms with Crippen LogP contribution in [0.5, 0.6) is 0 Å². The van der Waals surface area contributed by atoms with Crippen LogP contribution in [0.25, 0.3) is 0 Å². The van der Waals surface area contributed by atoms with Gasteiger partial charge in [-0.15, -0.1) is 0 Å². The van der Waals surface area contributed by atoms with Gasteiger partial charge in [0.2, 0.25) is 5.91 Å². The number of carbonyl (C=O) groups excluding carboxylic acids is 2. The molecule has 3 aromatic rings. The van der Waals surface area contributed by atoms with Gasteiger partial charge in [0.05, 0.1) is 5.92 Å². The number of hydrogen-bond acceptors (Lipinski definition) is 4. The second-order valence-electron chi connectivity index (χ2n) is 8.01. The summed E-state index contributed by atoms with van der Waals surface area (Å²) < 4.78 is 0.856. The number of Topliss-reactive ketones (excluding diaryl/α,β-unsaturated/α-hetero) is 1. The fraction of sp³-hybridized carbons (Fsp3) is 0.208. The monoisotopic (exact) mass is 495 g/mol. The number of rotatable bonds is 3. The Kier molecular flexibility index (Phi) is 4.96. The van der Waals surface area contributed by atoms with Crippen LogP contribution in [0, 0.1) is 5.92 Å². The highest BCUT2D eigenvalue weighted by atomic mass is 79.9. The molecule has 1 aromatic heterocycles. The largest absolute Gasteiger partial charge is 0.324 e. The molecule has 0 saturated carbocycles. The molecule has 156 valence electrons. The van der Waals surface area contributed by atoms with Gasteiger partial charge in [-0.2, -0.15) is 0 Å². The van der Waals surface area contributed by atoms with E-state index in [4.69, 9.17) is 11.6 Å². The lowest BCUT2D eigenvalue weighted by Gasteiger charge is -2.35. The number of carbonyl (C=O) groups is 2. The number of aromatic nitrogens is 1. The summed E-state index contributed by atoms with van der Waals surface area (Å²) in [4.78, 5) is 33.8. The van der Waals surface area contributed by atoms with Crippen molar-refractivity contribution in [3.63, 3.8) is 0 Å². The van der Waals surface area contributed by atoms with Gasteiger partial charge in [-0.05, 0) is 55.1 Å². The minimum atomic E-state index is -1.13. The standard InChI is InChI=1S/C24H19BrClN3O2/c1-29-13-17(14-5-8-16(26)9-6-14)21(22(30)20-4-2-3-11-27-20)24(29)18-12-15(25)7-10-19(18)28-23(24)31/h2-12,17,21H,13H2,1H3,(H,28,31)/t17-,21+,24-/m1/s1. The van der Waals surface area contributed by atoms with Crippen LogP contribution < -0.4 is 5.32 Å². The molecule has 0 aliphatic carbocycles. The second-order valence-corrected chi connectivity index (χ2v) is 9.36. The van der Waals surface area contributed by atoms with E-state index in [1.165, 1.54) is 0 Å². The zero-order chi connectivity index (χ0) is 21.8. The van der Waals surface area contributed by atoms with Gasteiger partial charge in [0.1, 0.15) is 11.2 Å². The predicted molar refractivity (Wildman–Crippen MR) is 123 cm³/mol. The molecule has 2 aliphatic rings. The number of pyridine rings is 1. The minimum absolute atomic E-state index is 0.145. The number of likely N-dealkylation sites (tertiary alicyclic amines) is 1. The lowest BCUT2D eigenvalue weighted by molar-refractivity contribution is -0.126. The smallest absolute Gasteiger partial charge is 0.250 e. The number of nitrogens with one attached hydrogen (secondary N) is 1. The van der Waals surface area contributed by atoms with Gasteiger partial charge in [0.15, 0.2) is 5.78 Å². The highest BCUT2D eigenvalue weighted by molar-refractivity contribution is 9.10. The molecule has 1 spiro atoms. The maximum Gasteiger partial charge on any atom is 0.250 e. The summed E-state index contributed by atoms with van der Waals surface area (Å²) in [6.07, 6.45) is 1.61. The first-order valence-electron chi connectivity index (χ1n) is 9.96. The molecule has 1 N–H and O–H groups in total. The molecule has 31 heavy (non-hydrogen) atoms. The number of halogens is 2. The Labute approximate surface area is 193 Å². The third kappa shape index (κ3) is 3.04. The van der Waals surface area contributed by atoms with E-state index < -0.39 is 11.5 Å². The van der Waals surface area contributed by atoms with Crippen molar-refractivity contribution in [1.29, 1.82) is 0 Å². The van der Waals surface area contributed by atoms with E-state index in [1.54, 1.807) is 24.4 Å². The van der Waals surface area contributed by atoms with Crippen LogP contribution >= 0.6 is 27.5 Å². The Balaban J connectivity index is 1.74. The number of ketones is 1. The third-order valence-electron chi connectivity index (χ3n) is 6.41. The molecule has 0 bridgehead atoms. The number of hydrogen-bond donors (Lipinski definition) is 1. The van der Waals surface area contributed by atoms with E-state index in [2.05, 4.69) is 26.2 Å². The van der Waals surface area contributed by atoms with Gasteiger partial charge in [0, 0.05) is 39.4 Å². The highest BCUT2D eigenvalue weighted by Crippen LogP contribution is 2.55. The predicted octanol–water partition coefficient (Wildman–Crippen LogP) is 4.87. The van der Waals surface area contributed by atoms with Crippen molar-refractivity contribution in [2.24, 2.45) is 5.92 Å². The summed E-state index contributed by atoms with van der Waals surface area (Å²) in [6, 6.07) is 18.5. The Morgan fingerprint density at radius 3 is 2.68 bits per heavy atom. The van der Waals surface area contributed by atoms with Crippen LogP contribution in [0.4, 0.5) is 5.69 Å². The van der Waals surface area contributed by atoms with Crippen molar-refractivity contribution >= 4 is 44.9 Å². The van der Waals surface area contributed by atoms with Gasteiger partial charge in [0.25, 0.3) is 0 Å². The van der Waals surface area contributed by atoms with E-state index >= 15 is 0 Å². The molecule has 5 nitrogen and oxygen atoms in total. The summed E-state index contributed by atoms with van der Waals surface area (Å²) in [7, 11) is 1.91. The summed E-state index contributed by atoms with van der Waals surface area (Å²) in [5.74, 6) is -1.18. The molecule has 0 radical (unpaired) electrons. The molecule has 7 heteroatoms. The number of benzene rings is 2. The van der Waals surface area contributed by atoms with Crippen molar-refractivity contribution in [3.05, 3.63) is 93.2 Å². The fourth-order valence-corrected chi connectivity index (χ4v) is 5.58. The van der Waals surface area contributed by atoms with Gasteiger partial charge < -0.3 is 5.32 Å². The molecule has 2 aromatic carbocycles. The van der Waals surface area contributed by atoms with Crippen LogP contribution in [0.1, 0.15) is 27.5 Å². The topological polar surface area (TPSA) is 62.3 Å². The Bertz CT molecular complexity index is 1190. The lowest BCUT2D eigenvalue weighted by atomic mass is 9.71. The van der Waals surface area contributed by atoms with E-state index in [0.29, 0.717) is 17.3 Å². The molecule has 1 amide bonds. The fourth-order valence-electron chi connectivity index (χ4n) is 5.09. The Morgan fingerprint density at radius 2 is 1.97 bits per heavy atom. The molecule has 5 rings (SSSR count). The Morgan fingerprint density at radius 1 is 1.19 bits per heavy atom. The minimum Gasteiger partial charge on any atom is -0.324 e. The van der Waals surface area contributed by atoms with Crippen molar-refractivity contribution in [2.75, 3.05) is 18.9 Å². The summed E-state index contributed by atoms with van der Waals surface area (Å²) >= 11 is 9.65. The average molecular weight is 497 g/mol. The van der Waals surface area contributed by atoms with Crippen LogP contribution in [0.15, 0.2) is 71.3 Å². The summed E-state index contributed by atoms with van der Waals surface area (Å²) in [5, 5.41) is 3.64. The lowest BCUT2D eigenvalue weighted by Crippen LogP contribution is -2.51. The second kappa shape index (κ2) is 7.55. The number of likely N-dealkylation sites (N-methyl/N-ethyl adjacent to an activating group) is 1. The zero-order valence-electron chi connectivity index (χ0n) is 16.7. The normalized spacial score (nSPS) is 24.9. The average Bonchev–Trinajstić information content (AvgIpc) is 3.24. The summed E-state index contributed by atoms with van der Waals surface area (Å²) in [6.45, 7) is 0.546. The molecule has 2 aliphatic heterocycles. The van der Waals surface area contributed by atoms with Crippen LogP contribution in [-0.4, -0.2) is 35.2 Å². The van der Waals surface area contributed by atoms with Crippen molar-refractivity contribution in [3.8, 4) is 0 Å². The number of anilines is 1. The molecular formula is C24H19BrClN3O2. The van der Waals surface area contributed by atoms with Crippen LogP contribution in [0.3, 0.4) is 0 Å². The molecule has 1 fully saturated rings. The quantitative estimate of drug-likeness (QED) is 0.525. The number of amides is 1. The van der Waals surface area contributed by atoms with Gasteiger partial charge >= 0.3 is 0 Å². The van der Waals surface area contributed by atoms with E-state index in [0.717, 1.165) is 21.3 Å². The van der Waals surface area contributed by atoms with Crippen molar-refractivity contribution in [2.45, 2.75) is 11.5 Å². The maximum atomic E-state index is 13.9. The zero-order valence-corrected chi connectivity index (χ0v) is 19.0. The number of nitrogens with zero attached hydrogens (tertiary/aromatic N) is 2. The number of fused-ring (bicyclic) bond motifs is 2. The maximum absolute atomic E-state index is 13.9.